The van der Waals surface area contributed by atoms with Crippen molar-refractivity contribution >= 4 is 5.91 Å². The van der Waals surface area contributed by atoms with Gasteiger partial charge < -0.3 is 10.1 Å². The molecule has 150 valence electrons. The maximum atomic E-state index is 12.8. The Balaban J connectivity index is 2.02. The highest BCUT2D eigenvalue weighted by atomic mass is 16.5. The summed E-state index contributed by atoms with van der Waals surface area (Å²) in [6.45, 7) is 8.88. The highest BCUT2D eigenvalue weighted by molar-refractivity contribution is 5.96. The van der Waals surface area contributed by atoms with Crippen molar-refractivity contribution < 1.29 is 9.53 Å². The van der Waals surface area contributed by atoms with Crippen molar-refractivity contribution in [1.82, 2.24) is 15.3 Å². The summed E-state index contributed by atoms with van der Waals surface area (Å²) < 4.78 is 6.18. The van der Waals surface area contributed by atoms with Crippen LogP contribution in [0.2, 0.25) is 0 Å². The summed E-state index contributed by atoms with van der Waals surface area (Å²) in [5.74, 6) is 1.85. The molecule has 3 rings (SSSR count). The van der Waals surface area contributed by atoms with E-state index in [9.17, 15) is 4.79 Å². The molecule has 0 unspecified atom stereocenters. The molecule has 1 N–H and O–H groups in total. The molecule has 0 bridgehead atoms. The first-order valence-corrected chi connectivity index (χ1v) is 9.93. The van der Waals surface area contributed by atoms with E-state index < -0.39 is 0 Å². The molecule has 2 aromatic carbocycles. The molecule has 0 fully saturated rings. The van der Waals surface area contributed by atoms with E-state index in [1.54, 1.807) is 0 Å². The van der Waals surface area contributed by atoms with Crippen molar-refractivity contribution in [1.29, 1.82) is 0 Å². The fourth-order valence-electron chi connectivity index (χ4n) is 2.87. The van der Waals surface area contributed by atoms with E-state index in [0.29, 0.717) is 29.6 Å². The first kappa shape index (κ1) is 20.5. The minimum Gasteiger partial charge on any atom is -0.438 e. The normalized spacial score (nSPS) is 11.0. The Morgan fingerprint density at radius 3 is 2.38 bits per heavy atom. The third kappa shape index (κ3) is 5.19. The molecule has 0 atom stereocenters. The highest BCUT2D eigenvalue weighted by Crippen LogP contribution is 2.32. The van der Waals surface area contributed by atoms with Gasteiger partial charge in [-0.2, -0.15) is 4.98 Å². The maximum absolute atomic E-state index is 12.8. The number of carbonyl (C=O) groups is 1. The summed E-state index contributed by atoms with van der Waals surface area (Å²) in [4.78, 5) is 21.8. The van der Waals surface area contributed by atoms with E-state index in [1.165, 1.54) is 6.20 Å². The van der Waals surface area contributed by atoms with Gasteiger partial charge in [0.2, 0.25) is 5.88 Å². The van der Waals surface area contributed by atoms with Gasteiger partial charge in [-0.05, 0) is 23.5 Å². The number of carbonyl (C=O) groups excluding carboxylic acids is 1. The van der Waals surface area contributed by atoms with Gasteiger partial charge in [0.15, 0.2) is 5.82 Å². The number of aromatic nitrogens is 2. The summed E-state index contributed by atoms with van der Waals surface area (Å²) in [7, 11) is 0. The summed E-state index contributed by atoms with van der Waals surface area (Å²) in [6.07, 6.45) is 1.54. The molecular weight excluding hydrogens is 362 g/mol. The van der Waals surface area contributed by atoms with Crippen LogP contribution < -0.4 is 10.1 Å². The lowest BCUT2D eigenvalue weighted by Crippen LogP contribution is -2.28. The van der Waals surface area contributed by atoms with Crippen LogP contribution in [-0.4, -0.2) is 22.4 Å². The number of para-hydroxylation sites is 1. The molecule has 1 aromatic heterocycles. The Morgan fingerprint density at radius 1 is 1.00 bits per heavy atom. The number of nitrogens with zero attached hydrogens (tertiary/aromatic N) is 2. The molecule has 5 nitrogen and oxygen atoms in total. The van der Waals surface area contributed by atoms with Gasteiger partial charge in [0.05, 0.1) is 0 Å². The average molecular weight is 389 g/mol. The van der Waals surface area contributed by atoms with Crippen LogP contribution >= 0.6 is 0 Å². The number of hydrogen-bond donors (Lipinski definition) is 1. The van der Waals surface area contributed by atoms with Gasteiger partial charge in [0, 0.05) is 18.3 Å². The predicted molar refractivity (Wildman–Crippen MR) is 115 cm³/mol. The first-order valence-electron chi connectivity index (χ1n) is 9.93. The number of amides is 1. The average Bonchev–Trinajstić information content (AvgIpc) is 2.73. The second-order valence-electron chi connectivity index (χ2n) is 7.68. The van der Waals surface area contributed by atoms with Crippen LogP contribution in [-0.2, 0) is 0 Å². The molecule has 0 radical (unpaired) electrons. The van der Waals surface area contributed by atoms with Gasteiger partial charge in [-0.25, -0.2) is 4.98 Å². The van der Waals surface area contributed by atoms with Crippen molar-refractivity contribution in [3.8, 4) is 23.0 Å². The molecule has 29 heavy (non-hydrogen) atoms. The van der Waals surface area contributed by atoms with E-state index in [0.717, 1.165) is 11.1 Å². The van der Waals surface area contributed by atoms with E-state index in [4.69, 9.17) is 4.74 Å². The molecule has 3 aromatic rings. The number of benzene rings is 2. The maximum Gasteiger partial charge on any atom is 0.258 e. The van der Waals surface area contributed by atoms with E-state index in [2.05, 4.69) is 29.1 Å². The van der Waals surface area contributed by atoms with Crippen molar-refractivity contribution in [3.05, 3.63) is 71.9 Å². The van der Waals surface area contributed by atoms with Gasteiger partial charge in [-0.1, -0.05) is 76.2 Å². The largest absolute Gasteiger partial charge is 0.438 e. The van der Waals surface area contributed by atoms with E-state index in [-0.39, 0.29) is 17.7 Å². The molecular formula is C24H27N3O2. The summed E-state index contributed by atoms with van der Waals surface area (Å²) >= 11 is 0. The zero-order chi connectivity index (χ0) is 20.8. The lowest BCUT2D eigenvalue weighted by atomic mass is 10.0. The van der Waals surface area contributed by atoms with E-state index >= 15 is 0 Å². The van der Waals surface area contributed by atoms with Crippen LogP contribution in [0.4, 0.5) is 0 Å². The standard InChI is InChI=1S/C24H27N3O2/c1-16(2)14-26-23(28)20-15-25-22(18-10-6-5-7-11-18)27-24(20)29-21-13-9-8-12-19(21)17(3)4/h5-13,15-17H,14H2,1-4H3,(H,26,28). The second kappa shape index (κ2) is 9.32. The fourth-order valence-corrected chi connectivity index (χ4v) is 2.87. The van der Waals surface area contributed by atoms with E-state index in [1.807, 2.05) is 68.4 Å². The van der Waals surface area contributed by atoms with Crippen LogP contribution in [0.1, 0.15) is 49.5 Å². The quantitative estimate of drug-likeness (QED) is 0.584. The Bertz CT molecular complexity index is 969. The number of ether oxygens (including phenoxy) is 1. The lowest BCUT2D eigenvalue weighted by Gasteiger charge is -2.16. The van der Waals surface area contributed by atoms with Crippen molar-refractivity contribution in [2.75, 3.05) is 6.54 Å². The number of hydrogen-bond acceptors (Lipinski definition) is 4. The number of nitrogens with one attached hydrogen (secondary N) is 1. The van der Waals surface area contributed by atoms with Crippen LogP contribution in [0.25, 0.3) is 11.4 Å². The zero-order valence-electron chi connectivity index (χ0n) is 17.3. The summed E-state index contributed by atoms with van der Waals surface area (Å²) in [6, 6.07) is 17.5. The molecule has 1 amide bonds. The molecule has 1 heterocycles. The Kier molecular flexibility index (Phi) is 6.60. The van der Waals surface area contributed by atoms with Crippen molar-refractivity contribution in [2.24, 2.45) is 5.92 Å². The molecule has 0 aliphatic heterocycles. The van der Waals surface area contributed by atoms with Crippen LogP contribution in [0, 0.1) is 5.92 Å². The van der Waals surface area contributed by atoms with Gasteiger partial charge in [0.25, 0.3) is 5.91 Å². The van der Waals surface area contributed by atoms with Crippen LogP contribution in [0.3, 0.4) is 0 Å². The Hall–Kier alpha value is -3.21. The predicted octanol–water partition coefficient (Wildman–Crippen LogP) is 5.45. The monoisotopic (exact) mass is 389 g/mol. The Labute approximate surface area is 172 Å². The topological polar surface area (TPSA) is 64.1 Å². The number of rotatable bonds is 7. The summed E-state index contributed by atoms with van der Waals surface area (Å²) in [5.41, 5.74) is 2.24. The third-order valence-electron chi connectivity index (χ3n) is 4.45. The van der Waals surface area contributed by atoms with Gasteiger partial charge >= 0.3 is 0 Å². The van der Waals surface area contributed by atoms with Crippen LogP contribution in [0.5, 0.6) is 11.6 Å². The first-order chi connectivity index (χ1) is 14.0. The fraction of sp³-hybridized carbons (Fsp3) is 0.292. The van der Waals surface area contributed by atoms with Gasteiger partial charge in [0.1, 0.15) is 11.3 Å². The minimum atomic E-state index is -0.240. The third-order valence-corrected chi connectivity index (χ3v) is 4.45. The summed E-state index contributed by atoms with van der Waals surface area (Å²) in [5, 5.41) is 2.92. The van der Waals surface area contributed by atoms with Crippen molar-refractivity contribution in [3.63, 3.8) is 0 Å². The van der Waals surface area contributed by atoms with Crippen LogP contribution in [0.15, 0.2) is 60.8 Å². The SMILES string of the molecule is CC(C)CNC(=O)c1cnc(-c2ccccc2)nc1Oc1ccccc1C(C)C. The van der Waals surface area contributed by atoms with Gasteiger partial charge in [-0.3, -0.25) is 4.79 Å². The molecule has 5 heteroatoms. The molecule has 0 saturated carbocycles. The smallest absolute Gasteiger partial charge is 0.258 e. The highest BCUT2D eigenvalue weighted by Gasteiger charge is 2.19. The Morgan fingerprint density at radius 2 is 1.69 bits per heavy atom. The molecule has 0 aliphatic rings. The minimum absolute atomic E-state index is 0.240. The van der Waals surface area contributed by atoms with Gasteiger partial charge in [-0.15, -0.1) is 0 Å². The molecule has 0 saturated heterocycles. The second-order valence-corrected chi connectivity index (χ2v) is 7.68. The lowest BCUT2D eigenvalue weighted by molar-refractivity contribution is 0.0945. The zero-order valence-corrected chi connectivity index (χ0v) is 17.3. The van der Waals surface area contributed by atoms with Crippen molar-refractivity contribution in [2.45, 2.75) is 33.6 Å². The molecule has 0 spiro atoms. The molecule has 0 aliphatic carbocycles.